The number of anilines is 1. The van der Waals surface area contributed by atoms with Crippen molar-refractivity contribution in [1.82, 2.24) is 9.47 Å². The summed E-state index contributed by atoms with van der Waals surface area (Å²) in [4.78, 5) is 62.8. The average Bonchev–Trinajstić information content (AvgIpc) is 3.49. The van der Waals surface area contributed by atoms with Gasteiger partial charge in [-0.1, -0.05) is 55.3 Å². The molecule has 1 N–H and O–H groups in total. The molecule has 45 heavy (non-hydrogen) atoms. The Morgan fingerprint density at radius 3 is 2.58 bits per heavy atom. The summed E-state index contributed by atoms with van der Waals surface area (Å²) in [5.74, 6) is -1.86. The van der Waals surface area contributed by atoms with Crippen molar-refractivity contribution in [1.29, 1.82) is 0 Å². The molecule has 0 atom stereocenters. The standard InChI is InChI=1S/C32H27ClN4O7S/c1-2-3-14-44-31(40)25-16-22(10-13-26(25)33)34-29(38)19-36-30(39)28(45-32(36)41)15-21-18-35(27-7-5-4-6-24(21)27)17-20-8-11-23(12-9-20)37(42)43/h4-13,15-16,18H,2-3,14,17,19H2,1H3,(H,34,38)/b28-15-. The van der Waals surface area contributed by atoms with Crippen molar-refractivity contribution in [2.75, 3.05) is 18.5 Å². The molecule has 230 valence electrons. The lowest BCUT2D eigenvalue weighted by molar-refractivity contribution is -0.384. The fraction of sp³-hybridized carbons (Fsp3) is 0.188. The van der Waals surface area contributed by atoms with Crippen LogP contribution in [0.15, 0.2) is 77.8 Å². The van der Waals surface area contributed by atoms with E-state index >= 15 is 0 Å². The lowest BCUT2D eigenvalue weighted by atomic mass is 10.1. The van der Waals surface area contributed by atoms with Crippen molar-refractivity contribution < 1.29 is 28.8 Å². The van der Waals surface area contributed by atoms with Gasteiger partial charge in [-0.15, -0.1) is 0 Å². The van der Waals surface area contributed by atoms with Gasteiger partial charge in [0.2, 0.25) is 5.91 Å². The third kappa shape index (κ3) is 7.24. The number of nitrogens with one attached hydrogen (secondary N) is 1. The number of ether oxygens (including phenoxy) is 1. The van der Waals surface area contributed by atoms with Crippen LogP contribution >= 0.6 is 23.4 Å². The summed E-state index contributed by atoms with van der Waals surface area (Å²) in [6, 6.07) is 18.2. The van der Waals surface area contributed by atoms with E-state index in [1.54, 1.807) is 18.2 Å². The number of rotatable bonds is 11. The summed E-state index contributed by atoms with van der Waals surface area (Å²) in [5.41, 5.74) is 2.77. The number of non-ortho nitro benzene ring substituents is 1. The fourth-order valence-electron chi connectivity index (χ4n) is 4.71. The van der Waals surface area contributed by atoms with Crippen LogP contribution < -0.4 is 5.32 Å². The number of hydrogen-bond donors (Lipinski definition) is 1. The number of imide groups is 1. The van der Waals surface area contributed by atoms with Gasteiger partial charge in [0.05, 0.1) is 27.0 Å². The molecule has 13 heteroatoms. The number of thioether (sulfide) groups is 1. The van der Waals surface area contributed by atoms with Crippen molar-refractivity contribution >= 4 is 74.7 Å². The second-order valence-corrected chi connectivity index (χ2v) is 11.6. The van der Waals surface area contributed by atoms with Gasteiger partial charge in [-0.3, -0.25) is 29.4 Å². The molecular weight excluding hydrogens is 620 g/mol. The van der Waals surface area contributed by atoms with Gasteiger partial charge in [-0.2, -0.15) is 0 Å². The predicted octanol–water partition coefficient (Wildman–Crippen LogP) is 6.88. The molecular formula is C32H27ClN4O7S. The third-order valence-corrected chi connectivity index (χ3v) is 8.22. The van der Waals surface area contributed by atoms with Gasteiger partial charge in [-0.05, 0) is 54.1 Å². The average molecular weight is 647 g/mol. The van der Waals surface area contributed by atoms with Crippen molar-refractivity contribution in [3.63, 3.8) is 0 Å². The van der Waals surface area contributed by atoms with E-state index in [-0.39, 0.29) is 33.5 Å². The summed E-state index contributed by atoms with van der Waals surface area (Å²) in [7, 11) is 0. The fourth-order valence-corrected chi connectivity index (χ4v) is 5.73. The molecule has 3 aromatic carbocycles. The first-order valence-electron chi connectivity index (χ1n) is 14.0. The van der Waals surface area contributed by atoms with E-state index in [2.05, 4.69) is 5.32 Å². The number of aromatic nitrogens is 1. The van der Waals surface area contributed by atoms with Crippen LogP contribution in [0.25, 0.3) is 17.0 Å². The SMILES string of the molecule is CCCCOC(=O)c1cc(NC(=O)CN2C(=O)S/C(=C\c3cn(Cc4ccc([N+](=O)[O-])cc4)c4ccccc34)C2=O)ccc1Cl. The first kappa shape index (κ1) is 31.5. The Labute approximate surface area is 266 Å². The maximum atomic E-state index is 13.2. The molecule has 0 unspecified atom stereocenters. The molecule has 1 fully saturated rings. The number of benzene rings is 3. The summed E-state index contributed by atoms with van der Waals surface area (Å²) in [6.45, 7) is 2.12. The van der Waals surface area contributed by atoms with Crippen LogP contribution in [0, 0.1) is 10.1 Å². The second-order valence-electron chi connectivity index (χ2n) is 10.2. The number of fused-ring (bicyclic) bond motifs is 1. The number of carbonyl (C=O) groups excluding carboxylic acids is 4. The number of halogens is 1. The molecule has 0 saturated carbocycles. The summed E-state index contributed by atoms with van der Waals surface area (Å²) >= 11 is 6.88. The van der Waals surface area contributed by atoms with Gasteiger partial charge in [0.25, 0.3) is 16.8 Å². The van der Waals surface area contributed by atoms with Crippen LogP contribution in [-0.4, -0.2) is 50.6 Å². The van der Waals surface area contributed by atoms with E-state index in [0.29, 0.717) is 18.5 Å². The third-order valence-electron chi connectivity index (χ3n) is 6.98. The Morgan fingerprint density at radius 1 is 1.09 bits per heavy atom. The van der Waals surface area contributed by atoms with Crippen molar-refractivity contribution in [2.45, 2.75) is 26.3 Å². The molecule has 0 spiro atoms. The first-order chi connectivity index (χ1) is 21.6. The Morgan fingerprint density at radius 2 is 1.84 bits per heavy atom. The number of nitro groups is 1. The van der Waals surface area contributed by atoms with Gasteiger partial charge < -0.3 is 14.6 Å². The Hall–Kier alpha value is -4.94. The van der Waals surface area contributed by atoms with Crippen molar-refractivity contribution in [3.05, 3.63) is 110 Å². The highest BCUT2D eigenvalue weighted by atomic mass is 35.5. The van der Waals surface area contributed by atoms with E-state index in [4.69, 9.17) is 16.3 Å². The molecule has 2 heterocycles. The van der Waals surface area contributed by atoms with E-state index in [1.165, 1.54) is 30.3 Å². The van der Waals surface area contributed by atoms with E-state index in [0.717, 1.165) is 39.5 Å². The lowest BCUT2D eigenvalue weighted by Gasteiger charge is -2.13. The van der Waals surface area contributed by atoms with Crippen LogP contribution in [0.2, 0.25) is 5.02 Å². The number of hydrogen-bond acceptors (Lipinski definition) is 8. The number of esters is 1. The van der Waals surface area contributed by atoms with Crippen LogP contribution in [0.5, 0.6) is 0 Å². The zero-order valence-corrected chi connectivity index (χ0v) is 25.6. The van der Waals surface area contributed by atoms with Gasteiger partial charge in [0.1, 0.15) is 6.54 Å². The number of para-hydroxylation sites is 1. The minimum atomic E-state index is -0.633. The highest BCUT2D eigenvalue weighted by molar-refractivity contribution is 8.18. The Balaban J connectivity index is 1.30. The zero-order chi connectivity index (χ0) is 32.1. The topological polar surface area (TPSA) is 141 Å². The van der Waals surface area contributed by atoms with Crippen LogP contribution in [0.4, 0.5) is 16.2 Å². The number of nitrogens with zero attached hydrogens (tertiary/aromatic N) is 3. The molecule has 0 radical (unpaired) electrons. The number of nitro benzene ring substituents is 1. The molecule has 1 saturated heterocycles. The van der Waals surface area contributed by atoms with E-state index < -0.39 is 34.5 Å². The quantitative estimate of drug-likeness (QED) is 0.0611. The molecule has 11 nitrogen and oxygen atoms in total. The maximum Gasteiger partial charge on any atom is 0.339 e. The smallest absolute Gasteiger partial charge is 0.339 e. The molecule has 5 rings (SSSR count). The maximum absolute atomic E-state index is 13.2. The number of amides is 3. The summed E-state index contributed by atoms with van der Waals surface area (Å²) in [6.07, 6.45) is 5.02. The van der Waals surface area contributed by atoms with E-state index in [9.17, 15) is 29.3 Å². The van der Waals surface area contributed by atoms with Crippen LogP contribution in [-0.2, 0) is 20.9 Å². The molecule has 4 aromatic rings. The minimum absolute atomic E-state index is 0.00151. The van der Waals surface area contributed by atoms with Crippen molar-refractivity contribution in [3.8, 4) is 0 Å². The minimum Gasteiger partial charge on any atom is -0.462 e. The van der Waals surface area contributed by atoms with Crippen LogP contribution in [0.3, 0.4) is 0 Å². The highest BCUT2D eigenvalue weighted by Gasteiger charge is 2.36. The van der Waals surface area contributed by atoms with Gasteiger partial charge in [-0.25, -0.2) is 4.79 Å². The first-order valence-corrected chi connectivity index (χ1v) is 15.2. The predicted molar refractivity (Wildman–Crippen MR) is 172 cm³/mol. The molecule has 0 bridgehead atoms. The number of unbranched alkanes of at least 4 members (excludes halogenated alkanes) is 1. The normalized spacial score (nSPS) is 13.9. The Bertz CT molecular complexity index is 1850. The molecule has 1 aromatic heterocycles. The molecule has 3 amide bonds. The monoisotopic (exact) mass is 646 g/mol. The summed E-state index contributed by atoms with van der Waals surface area (Å²) in [5, 5.41) is 14.0. The van der Waals surface area contributed by atoms with Gasteiger partial charge >= 0.3 is 5.97 Å². The lowest BCUT2D eigenvalue weighted by Crippen LogP contribution is -2.36. The molecule has 1 aliphatic rings. The van der Waals surface area contributed by atoms with Crippen molar-refractivity contribution in [2.24, 2.45) is 0 Å². The second kappa shape index (κ2) is 13.8. The summed E-state index contributed by atoms with van der Waals surface area (Å²) < 4.78 is 7.17. The van der Waals surface area contributed by atoms with Gasteiger partial charge in [0, 0.05) is 47.0 Å². The Kier molecular flexibility index (Phi) is 9.65. The molecule has 1 aliphatic heterocycles. The largest absolute Gasteiger partial charge is 0.462 e. The molecule has 0 aliphatic carbocycles. The van der Waals surface area contributed by atoms with E-state index in [1.807, 2.05) is 42.0 Å². The highest BCUT2D eigenvalue weighted by Crippen LogP contribution is 2.34. The zero-order valence-electron chi connectivity index (χ0n) is 24.0. The number of carbonyl (C=O) groups is 4. The van der Waals surface area contributed by atoms with Crippen LogP contribution in [0.1, 0.15) is 41.3 Å². The van der Waals surface area contributed by atoms with Gasteiger partial charge in [0.15, 0.2) is 0 Å².